The second kappa shape index (κ2) is 7.26. The maximum atomic E-state index is 12.2. The van der Waals surface area contributed by atoms with E-state index >= 15 is 0 Å². The number of ether oxygens (including phenoxy) is 2. The summed E-state index contributed by atoms with van der Waals surface area (Å²) in [5.74, 6) is -0.422. The number of amides is 1. The fourth-order valence-electron chi connectivity index (χ4n) is 2.30. The zero-order valence-electron chi connectivity index (χ0n) is 12.8. The molecule has 0 spiro atoms. The molecule has 2 atom stereocenters. The van der Waals surface area contributed by atoms with Gasteiger partial charge in [-0.3, -0.25) is 4.79 Å². The highest BCUT2D eigenvalue weighted by Crippen LogP contribution is 2.35. The quantitative estimate of drug-likeness (QED) is 0.788. The molecule has 1 aliphatic rings. The number of rotatable bonds is 8. The number of hydrogen-bond donors (Lipinski definition) is 1. The van der Waals surface area contributed by atoms with Crippen LogP contribution >= 0.6 is 0 Å². The monoisotopic (exact) mass is 307 g/mol. The predicted octanol–water partition coefficient (Wildman–Crippen LogP) is 1.53. The van der Waals surface area contributed by atoms with Gasteiger partial charge in [-0.15, -0.1) is 0 Å². The summed E-state index contributed by atoms with van der Waals surface area (Å²) >= 11 is 0. The van der Waals surface area contributed by atoms with Gasteiger partial charge in [0, 0.05) is 20.2 Å². The number of benzene rings is 1. The van der Waals surface area contributed by atoms with E-state index < -0.39 is 5.97 Å². The molecule has 1 N–H and O–H groups in total. The normalized spacial score (nSPS) is 19.5. The molecule has 1 amide bonds. The lowest BCUT2D eigenvalue weighted by Gasteiger charge is -2.17. The van der Waals surface area contributed by atoms with Gasteiger partial charge in [-0.25, -0.2) is 4.79 Å². The molecular formula is C16H21NO5. The van der Waals surface area contributed by atoms with Crippen molar-refractivity contribution in [3.8, 4) is 5.75 Å². The zero-order valence-corrected chi connectivity index (χ0v) is 12.8. The van der Waals surface area contributed by atoms with Crippen LogP contribution in [0, 0.1) is 5.92 Å². The number of nitrogens with zero attached hydrogens (tertiary/aromatic N) is 1. The third-order valence-corrected chi connectivity index (χ3v) is 3.51. The lowest BCUT2D eigenvalue weighted by molar-refractivity contribution is -0.139. The standard InChI is InChI=1S/C16H21NO5/c1-3-21-14-8-13(14)16(20)17(2)9-11-4-6-12(7-5-11)22-10-15(18)19/h4-7,13-14H,3,8-10H2,1-2H3,(H,18,19). The molecule has 120 valence electrons. The Morgan fingerprint density at radius 1 is 1.32 bits per heavy atom. The maximum Gasteiger partial charge on any atom is 0.341 e. The molecule has 22 heavy (non-hydrogen) atoms. The summed E-state index contributed by atoms with van der Waals surface area (Å²) < 4.78 is 10.5. The molecule has 2 unspecified atom stereocenters. The van der Waals surface area contributed by atoms with Crippen molar-refractivity contribution in [2.45, 2.75) is 26.0 Å². The number of carbonyl (C=O) groups is 2. The van der Waals surface area contributed by atoms with E-state index in [1.54, 1.807) is 24.1 Å². The van der Waals surface area contributed by atoms with Gasteiger partial charge in [-0.2, -0.15) is 0 Å². The Hall–Kier alpha value is -2.08. The first-order valence-corrected chi connectivity index (χ1v) is 7.31. The van der Waals surface area contributed by atoms with Crippen LogP contribution in [0.2, 0.25) is 0 Å². The summed E-state index contributed by atoms with van der Waals surface area (Å²) in [7, 11) is 1.78. The Morgan fingerprint density at radius 2 is 2.00 bits per heavy atom. The molecule has 1 aromatic carbocycles. The number of aliphatic carboxylic acids is 1. The van der Waals surface area contributed by atoms with Crippen molar-refractivity contribution in [1.82, 2.24) is 4.90 Å². The van der Waals surface area contributed by atoms with Crippen molar-refractivity contribution < 1.29 is 24.2 Å². The van der Waals surface area contributed by atoms with Crippen LogP contribution in [0.5, 0.6) is 5.75 Å². The van der Waals surface area contributed by atoms with E-state index in [9.17, 15) is 9.59 Å². The second-order valence-electron chi connectivity index (χ2n) is 5.36. The smallest absolute Gasteiger partial charge is 0.341 e. The van der Waals surface area contributed by atoms with Crippen LogP contribution in [-0.2, 0) is 20.9 Å². The van der Waals surface area contributed by atoms with Crippen molar-refractivity contribution in [1.29, 1.82) is 0 Å². The summed E-state index contributed by atoms with van der Waals surface area (Å²) in [6, 6.07) is 7.06. The Labute approximate surface area is 129 Å². The second-order valence-corrected chi connectivity index (χ2v) is 5.36. The third-order valence-electron chi connectivity index (χ3n) is 3.51. The highest BCUT2D eigenvalue weighted by Gasteiger charge is 2.45. The van der Waals surface area contributed by atoms with Gasteiger partial charge in [-0.05, 0) is 31.0 Å². The summed E-state index contributed by atoms with van der Waals surface area (Å²) in [4.78, 5) is 24.3. The SMILES string of the molecule is CCOC1CC1C(=O)N(C)Cc1ccc(OCC(=O)O)cc1. The molecule has 2 rings (SSSR count). The van der Waals surface area contributed by atoms with Crippen molar-refractivity contribution in [3.63, 3.8) is 0 Å². The highest BCUT2D eigenvalue weighted by molar-refractivity contribution is 5.82. The molecule has 6 nitrogen and oxygen atoms in total. The molecule has 0 heterocycles. The molecule has 0 aliphatic heterocycles. The Bertz CT molecular complexity index is 528. The number of carbonyl (C=O) groups excluding carboxylic acids is 1. The van der Waals surface area contributed by atoms with Gasteiger partial charge in [0.25, 0.3) is 0 Å². The lowest BCUT2D eigenvalue weighted by atomic mass is 10.2. The molecule has 0 aromatic heterocycles. The van der Waals surface area contributed by atoms with E-state index in [1.807, 2.05) is 19.1 Å². The molecule has 1 fully saturated rings. The minimum atomic E-state index is -1.01. The Kier molecular flexibility index (Phi) is 5.38. The van der Waals surface area contributed by atoms with Gasteiger partial charge in [-0.1, -0.05) is 12.1 Å². The molecule has 0 bridgehead atoms. The fourth-order valence-corrected chi connectivity index (χ4v) is 2.30. The van der Waals surface area contributed by atoms with Gasteiger partial charge in [0.1, 0.15) is 5.75 Å². The largest absolute Gasteiger partial charge is 0.482 e. The van der Waals surface area contributed by atoms with Crippen molar-refractivity contribution in [2.75, 3.05) is 20.3 Å². The molecule has 1 saturated carbocycles. The maximum absolute atomic E-state index is 12.2. The molecule has 0 radical (unpaired) electrons. The highest BCUT2D eigenvalue weighted by atomic mass is 16.5. The molecule has 0 saturated heterocycles. The van der Waals surface area contributed by atoms with Gasteiger partial charge < -0.3 is 19.5 Å². The first kappa shape index (κ1) is 16.3. The number of hydrogen-bond acceptors (Lipinski definition) is 4. The van der Waals surface area contributed by atoms with Crippen LogP contribution in [0.25, 0.3) is 0 Å². The van der Waals surface area contributed by atoms with E-state index in [0.717, 1.165) is 12.0 Å². The van der Waals surface area contributed by atoms with Crippen molar-refractivity contribution >= 4 is 11.9 Å². The number of carboxylic acid groups (broad SMARTS) is 1. The summed E-state index contributed by atoms with van der Waals surface area (Å²) in [6.45, 7) is 2.71. The average Bonchev–Trinajstić information content (AvgIpc) is 3.25. The van der Waals surface area contributed by atoms with E-state index in [0.29, 0.717) is 18.9 Å². The topological polar surface area (TPSA) is 76.1 Å². The van der Waals surface area contributed by atoms with E-state index in [1.165, 1.54) is 0 Å². The van der Waals surface area contributed by atoms with Gasteiger partial charge in [0.2, 0.25) is 5.91 Å². The van der Waals surface area contributed by atoms with E-state index in [4.69, 9.17) is 14.6 Å². The fraction of sp³-hybridized carbons (Fsp3) is 0.500. The minimum Gasteiger partial charge on any atom is -0.482 e. The molecule has 6 heteroatoms. The van der Waals surface area contributed by atoms with Crippen LogP contribution in [0.15, 0.2) is 24.3 Å². The summed E-state index contributed by atoms with van der Waals surface area (Å²) in [5.41, 5.74) is 0.965. The van der Waals surface area contributed by atoms with Gasteiger partial charge >= 0.3 is 5.97 Å². The lowest BCUT2D eigenvalue weighted by Crippen LogP contribution is -2.28. The third kappa shape index (κ3) is 4.46. The van der Waals surface area contributed by atoms with Crippen LogP contribution in [0.4, 0.5) is 0 Å². The van der Waals surface area contributed by atoms with Gasteiger partial charge in [0.05, 0.1) is 12.0 Å². The molecule has 1 aliphatic carbocycles. The minimum absolute atomic E-state index is 0.0110. The van der Waals surface area contributed by atoms with Crippen molar-refractivity contribution in [2.24, 2.45) is 5.92 Å². The van der Waals surface area contributed by atoms with E-state index in [-0.39, 0.29) is 24.5 Å². The number of carboxylic acids is 1. The van der Waals surface area contributed by atoms with Crippen molar-refractivity contribution in [3.05, 3.63) is 29.8 Å². The predicted molar refractivity (Wildman–Crippen MR) is 79.6 cm³/mol. The summed E-state index contributed by atoms with van der Waals surface area (Å²) in [6.07, 6.45) is 0.880. The summed E-state index contributed by atoms with van der Waals surface area (Å²) in [5, 5.41) is 8.55. The van der Waals surface area contributed by atoms with E-state index in [2.05, 4.69) is 0 Å². The van der Waals surface area contributed by atoms with Crippen LogP contribution in [0.3, 0.4) is 0 Å². The Balaban J connectivity index is 1.82. The molecular weight excluding hydrogens is 286 g/mol. The zero-order chi connectivity index (χ0) is 16.1. The average molecular weight is 307 g/mol. The van der Waals surface area contributed by atoms with Crippen LogP contribution < -0.4 is 4.74 Å². The first-order valence-electron chi connectivity index (χ1n) is 7.31. The first-order chi connectivity index (χ1) is 10.5. The molecule has 1 aromatic rings. The van der Waals surface area contributed by atoms with Gasteiger partial charge in [0.15, 0.2) is 6.61 Å². The van der Waals surface area contributed by atoms with Crippen LogP contribution in [0.1, 0.15) is 18.9 Å². The van der Waals surface area contributed by atoms with Crippen LogP contribution in [-0.4, -0.2) is 48.2 Å². The Morgan fingerprint density at radius 3 is 2.59 bits per heavy atom.